The van der Waals surface area contributed by atoms with Crippen LogP contribution >= 0.6 is 11.6 Å². The predicted octanol–water partition coefficient (Wildman–Crippen LogP) is 0.481. The summed E-state index contributed by atoms with van der Waals surface area (Å²) < 4.78 is 18.5. The van der Waals surface area contributed by atoms with Crippen LogP contribution in [0.1, 0.15) is 5.56 Å². The molecule has 0 aliphatic rings. The summed E-state index contributed by atoms with van der Waals surface area (Å²) in [5.74, 6) is -0.176. The number of benzene rings is 2. The normalized spacial score (nSPS) is 9.00. The van der Waals surface area contributed by atoms with Gasteiger partial charge in [0.15, 0.2) is 0 Å². The number of hydrogen-bond donors (Lipinski definition) is 0. The van der Waals surface area contributed by atoms with E-state index in [-0.39, 0.29) is 45.8 Å². The van der Waals surface area contributed by atoms with Gasteiger partial charge in [0.25, 0.3) is 0 Å². The maximum absolute atomic E-state index is 13.2. The second-order valence-corrected chi connectivity index (χ2v) is 3.71. The SMILES string of the molecule is Fc1c[c-]ccc1OCc1ccc(Cl)cc1.[Br-].[Mg+2]. The van der Waals surface area contributed by atoms with Gasteiger partial charge in [0.1, 0.15) is 6.61 Å². The fourth-order valence-corrected chi connectivity index (χ4v) is 1.38. The molecule has 0 aromatic heterocycles. The Morgan fingerprint density at radius 2 is 1.83 bits per heavy atom. The van der Waals surface area contributed by atoms with Crippen molar-refractivity contribution in [2.24, 2.45) is 0 Å². The van der Waals surface area contributed by atoms with Crippen LogP contribution in [0.15, 0.2) is 42.5 Å². The standard InChI is InChI=1S/C13H9ClFO.BrH.Mg/c14-11-7-5-10(6-8-11)9-16-13-4-2-1-3-12(13)15;;/h2-8H,9H2;1H;/q-1;;+2/p-1. The second-order valence-electron chi connectivity index (χ2n) is 3.27. The van der Waals surface area contributed by atoms with Gasteiger partial charge in [0, 0.05) is 16.6 Å². The molecule has 0 aliphatic heterocycles. The molecule has 0 heterocycles. The number of rotatable bonds is 3. The fraction of sp³-hybridized carbons (Fsp3) is 0.0769. The first-order valence-corrected chi connectivity index (χ1v) is 5.16. The van der Waals surface area contributed by atoms with Crippen LogP contribution < -0.4 is 21.7 Å². The van der Waals surface area contributed by atoms with Gasteiger partial charge in [-0.2, -0.15) is 12.1 Å². The first-order valence-electron chi connectivity index (χ1n) is 4.78. The molecule has 0 aliphatic carbocycles. The van der Waals surface area contributed by atoms with Gasteiger partial charge >= 0.3 is 23.1 Å². The Kier molecular flexibility index (Phi) is 8.60. The van der Waals surface area contributed by atoms with Crippen LogP contribution in [0.2, 0.25) is 5.02 Å². The van der Waals surface area contributed by atoms with Crippen molar-refractivity contribution >= 4 is 34.7 Å². The Bertz CT molecular complexity index is 479. The van der Waals surface area contributed by atoms with E-state index in [0.29, 0.717) is 11.6 Å². The minimum atomic E-state index is -0.406. The second kappa shape index (κ2) is 8.75. The first kappa shape index (κ1) is 17.7. The Balaban J connectivity index is 0.00000144. The van der Waals surface area contributed by atoms with E-state index in [9.17, 15) is 4.39 Å². The molecular weight excluding hydrogens is 331 g/mol. The summed E-state index contributed by atoms with van der Waals surface area (Å²) in [6, 6.07) is 14.3. The van der Waals surface area contributed by atoms with Crippen molar-refractivity contribution in [1.82, 2.24) is 0 Å². The molecule has 90 valence electrons. The Labute approximate surface area is 137 Å². The molecule has 0 atom stereocenters. The summed E-state index contributed by atoms with van der Waals surface area (Å²) in [6.45, 7) is 0.318. The van der Waals surface area contributed by atoms with Crippen LogP contribution in [0.4, 0.5) is 4.39 Å². The van der Waals surface area contributed by atoms with Crippen LogP contribution in [0, 0.1) is 11.9 Å². The number of halogens is 3. The predicted molar refractivity (Wildman–Crippen MR) is 66.8 cm³/mol. The summed E-state index contributed by atoms with van der Waals surface area (Å²) >= 11 is 5.75. The third kappa shape index (κ3) is 5.14. The molecule has 0 N–H and O–H groups in total. The molecule has 18 heavy (non-hydrogen) atoms. The monoisotopic (exact) mass is 338 g/mol. The molecule has 0 saturated heterocycles. The zero-order chi connectivity index (χ0) is 11.4. The van der Waals surface area contributed by atoms with Gasteiger partial charge in [0.2, 0.25) is 0 Å². The zero-order valence-corrected chi connectivity index (χ0v) is 13.3. The molecule has 0 radical (unpaired) electrons. The van der Waals surface area contributed by atoms with E-state index in [1.165, 1.54) is 6.07 Å². The summed E-state index contributed by atoms with van der Waals surface area (Å²) in [4.78, 5) is 0. The van der Waals surface area contributed by atoms with Crippen molar-refractivity contribution in [1.29, 1.82) is 0 Å². The van der Waals surface area contributed by atoms with Crippen molar-refractivity contribution in [2.75, 3.05) is 0 Å². The van der Waals surface area contributed by atoms with Gasteiger partial charge in [-0.25, -0.2) is 0 Å². The Morgan fingerprint density at radius 1 is 1.17 bits per heavy atom. The van der Waals surface area contributed by atoms with Crippen LogP contribution in [-0.4, -0.2) is 23.1 Å². The first-order chi connectivity index (χ1) is 7.75. The van der Waals surface area contributed by atoms with Gasteiger partial charge in [-0.15, -0.1) is 12.1 Å². The van der Waals surface area contributed by atoms with Crippen LogP contribution in [0.5, 0.6) is 5.75 Å². The number of ether oxygens (including phenoxy) is 1. The summed E-state index contributed by atoms with van der Waals surface area (Å²) in [6.07, 6.45) is 0. The van der Waals surface area contributed by atoms with Crippen molar-refractivity contribution < 1.29 is 26.1 Å². The zero-order valence-electron chi connectivity index (χ0n) is 9.50. The van der Waals surface area contributed by atoms with Gasteiger partial charge in [-0.3, -0.25) is 4.39 Å². The molecule has 0 bridgehead atoms. The fourth-order valence-electron chi connectivity index (χ4n) is 1.25. The van der Waals surface area contributed by atoms with Crippen molar-refractivity contribution in [3.63, 3.8) is 0 Å². The molecule has 5 heteroatoms. The quantitative estimate of drug-likeness (QED) is 0.584. The van der Waals surface area contributed by atoms with E-state index in [4.69, 9.17) is 16.3 Å². The number of hydrogen-bond acceptors (Lipinski definition) is 1. The molecule has 2 rings (SSSR count). The summed E-state index contributed by atoms with van der Waals surface area (Å²) in [5.41, 5.74) is 0.941. The van der Waals surface area contributed by atoms with Crippen molar-refractivity contribution in [2.45, 2.75) is 6.61 Å². The van der Waals surface area contributed by atoms with Crippen LogP contribution in [-0.2, 0) is 6.61 Å². The largest absolute Gasteiger partial charge is 2.00 e. The molecule has 2 aromatic carbocycles. The van der Waals surface area contributed by atoms with Crippen LogP contribution in [0.25, 0.3) is 0 Å². The smallest absolute Gasteiger partial charge is 1.00 e. The molecule has 0 spiro atoms. The third-order valence-electron chi connectivity index (χ3n) is 2.08. The maximum atomic E-state index is 13.2. The average Bonchev–Trinajstić information content (AvgIpc) is 2.30. The maximum Gasteiger partial charge on any atom is 2.00 e. The van der Waals surface area contributed by atoms with Gasteiger partial charge in [-0.05, 0) is 17.7 Å². The molecule has 0 unspecified atom stereocenters. The van der Waals surface area contributed by atoms with E-state index in [1.54, 1.807) is 24.3 Å². The van der Waals surface area contributed by atoms with E-state index in [0.717, 1.165) is 5.56 Å². The van der Waals surface area contributed by atoms with Crippen molar-refractivity contribution in [3.8, 4) is 5.75 Å². The van der Waals surface area contributed by atoms with Gasteiger partial charge in [-0.1, -0.05) is 23.7 Å². The molecular formula is C13H9BrClFMgO. The minimum absolute atomic E-state index is 0. The third-order valence-corrected chi connectivity index (χ3v) is 2.34. The van der Waals surface area contributed by atoms with Crippen LogP contribution in [0.3, 0.4) is 0 Å². The summed E-state index contributed by atoms with van der Waals surface area (Å²) in [7, 11) is 0. The average molecular weight is 340 g/mol. The molecule has 0 saturated carbocycles. The molecule has 0 fully saturated rings. The van der Waals surface area contributed by atoms with E-state index in [1.807, 2.05) is 12.1 Å². The van der Waals surface area contributed by atoms with Crippen molar-refractivity contribution in [3.05, 3.63) is 64.9 Å². The van der Waals surface area contributed by atoms with E-state index in [2.05, 4.69) is 6.07 Å². The topological polar surface area (TPSA) is 9.23 Å². The molecule has 2 aromatic rings. The molecule has 0 amide bonds. The Morgan fingerprint density at radius 3 is 2.44 bits per heavy atom. The van der Waals surface area contributed by atoms with E-state index < -0.39 is 5.82 Å². The molecule has 1 nitrogen and oxygen atoms in total. The van der Waals surface area contributed by atoms with Gasteiger partial charge < -0.3 is 21.7 Å². The van der Waals surface area contributed by atoms with E-state index >= 15 is 0 Å². The summed E-state index contributed by atoms with van der Waals surface area (Å²) in [5, 5.41) is 0.671. The Hall–Kier alpha value is -0.294. The van der Waals surface area contributed by atoms with Gasteiger partial charge in [0.05, 0.1) is 0 Å². The minimum Gasteiger partial charge on any atom is -1.00 e.